The number of fused-ring (bicyclic) bond motifs is 1. The maximum Gasteiger partial charge on any atom is 0.289 e. The predicted molar refractivity (Wildman–Crippen MR) is 209 cm³/mol. The average molecular weight is 773 g/mol. The fourth-order valence-corrected chi connectivity index (χ4v) is 7.53. The van der Waals surface area contributed by atoms with Crippen LogP contribution in [0.3, 0.4) is 0 Å². The Morgan fingerprint density at radius 2 is 1.76 bits per heavy atom. The van der Waals surface area contributed by atoms with Gasteiger partial charge in [-0.05, 0) is 62.8 Å². The highest BCUT2D eigenvalue weighted by molar-refractivity contribution is 6.38. The zero-order valence-electron chi connectivity index (χ0n) is 32.1. The van der Waals surface area contributed by atoms with Crippen molar-refractivity contribution in [1.29, 1.82) is 0 Å². The van der Waals surface area contributed by atoms with E-state index in [9.17, 15) is 28.8 Å². The topological polar surface area (TPSA) is 168 Å². The maximum absolute atomic E-state index is 14.9. The highest BCUT2D eigenvalue weighted by Gasteiger charge is 2.56. The Kier molecular flexibility index (Phi) is 11.2. The van der Waals surface area contributed by atoms with Crippen molar-refractivity contribution in [2.24, 2.45) is 10.6 Å². The molecule has 1 unspecified atom stereocenters. The first kappa shape index (κ1) is 39.6. The number of carbonyl (C=O) groups is 5. The van der Waals surface area contributed by atoms with E-state index in [4.69, 9.17) is 16.4 Å². The van der Waals surface area contributed by atoms with Gasteiger partial charge in [0.2, 0.25) is 23.0 Å². The number of aromatic nitrogens is 1. The zero-order chi connectivity index (χ0) is 39.8. The Balaban J connectivity index is 1.32. The number of Topliss-reactive ketones (excluding diaryl/α,β-unsaturated/α-hetero) is 1. The molecule has 4 amide bonds. The van der Waals surface area contributed by atoms with E-state index in [1.54, 1.807) is 51.1 Å². The number of nitrogens with one attached hydrogen (secondary N) is 3. The molecule has 1 aliphatic carbocycles. The molecule has 4 atom stereocenters. The van der Waals surface area contributed by atoms with Gasteiger partial charge in [0.05, 0.1) is 23.8 Å². The van der Waals surface area contributed by atoms with Crippen LogP contribution in [0.1, 0.15) is 102 Å². The average Bonchev–Trinajstić information content (AvgIpc) is 3.73. The zero-order valence-corrected chi connectivity index (χ0v) is 32.9. The van der Waals surface area contributed by atoms with Crippen LogP contribution in [0.5, 0.6) is 0 Å². The van der Waals surface area contributed by atoms with E-state index in [0.717, 1.165) is 18.4 Å². The number of ketones is 1. The fourth-order valence-electron chi connectivity index (χ4n) is 7.34. The molecule has 1 spiro atoms. The number of para-hydroxylation sites is 1. The van der Waals surface area contributed by atoms with Crippen molar-refractivity contribution in [1.82, 2.24) is 25.4 Å². The van der Waals surface area contributed by atoms with Crippen LogP contribution in [0.4, 0.5) is 0 Å². The largest absolute Gasteiger partial charge is 0.387 e. The van der Waals surface area contributed by atoms with Gasteiger partial charge in [-0.15, -0.1) is 0 Å². The summed E-state index contributed by atoms with van der Waals surface area (Å²) >= 11 is 6.27. The SMILES string of the molecule is CCC[C@@H](NC(=O)[C@@H]1CC2(CC(c3cccc(Cl)c3)=NO2)CN1C(=O)[C@H](NC(=O)c1cn(C(C)C)c2ccccc2c1=O)C(C)(C)C)C(=O)C(=O)NC1CC1. The molecule has 0 bridgehead atoms. The monoisotopic (exact) mass is 772 g/mol. The van der Waals surface area contributed by atoms with E-state index in [0.29, 0.717) is 28.1 Å². The summed E-state index contributed by atoms with van der Waals surface area (Å²) in [4.78, 5) is 90.4. The van der Waals surface area contributed by atoms with Crippen LogP contribution in [0, 0.1) is 5.41 Å². The van der Waals surface area contributed by atoms with Crippen LogP contribution in [0.15, 0.2) is 64.7 Å². The molecule has 2 aromatic carbocycles. The van der Waals surface area contributed by atoms with E-state index in [-0.39, 0.29) is 43.5 Å². The summed E-state index contributed by atoms with van der Waals surface area (Å²) in [5.41, 5.74) is -0.593. The number of amides is 4. The van der Waals surface area contributed by atoms with Gasteiger partial charge in [-0.25, -0.2) is 0 Å². The molecule has 3 heterocycles. The molecule has 292 valence electrons. The third-order valence-corrected chi connectivity index (χ3v) is 10.7. The number of nitrogens with zero attached hydrogens (tertiary/aromatic N) is 3. The van der Waals surface area contributed by atoms with Gasteiger partial charge in [0.1, 0.15) is 17.6 Å². The van der Waals surface area contributed by atoms with Crippen LogP contribution < -0.4 is 21.4 Å². The number of benzene rings is 2. The highest BCUT2D eigenvalue weighted by atomic mass is 35.5. The quantitative estimate of drug-likeness (QED) is 0.225. The summed E-state index contributed by atoms with van der Waals surface area (Å²) in [6, 6.07) is 10.6. The third-order valence-electron chi connectivity index (χ3n) is 10.5. The molecule has 1 saturated heterocycles. The Bertz CT molecular complexity index is 2120. The van der Waals surface area contributed by atoms with E-state index in [1.165, 1.54) is 11.1 Å². The van der Waals surface area contributed by atoms with E-state index < -0.39 is 64.0 Å². The smallest absolute Gasteiger partial charge is 0.289 e. The maximum atomic E-state index is 14.9. The Labute approximate surface area is 325 Å². The second-order valence-electron chi connectivity index (χ2n) is 16.3. The highest BCUT2D eigenvalue weighted by Crippen LogP contribution is 2.40. The Morgan fingerprint density at radius 1 is 1.04 bits per heavy atom. The Hall–Kier alpha value is -5.04. The molecule has 1 saturated carbocycles. The van der Waals surface area contributed by atoms with Crippen LogP contribution in [0.25, 0.3) is 10.9 Å². The lowest BCUT2D eigenvalue weighted by atomic mass is 9.85. The molecule has 55 heavy (non-hydrogen) atoms. The van der Waals surface area contributed by atoms with Crippen molar-refractivity contribution >= 4 is 57.6 Å². The lowest BCUT2D eigenvalue weighted by Crippen LogP contribution is -2.59. The van der Waals surface area contributed by atoms with Crippen molar-refractivity contribution in [3.63, 3.8) is 0 Å². The second kappa shape index (κ2) is 15.6. The van der Waals surface area contributed by atoms with E-state index in [2.05, 4.69) is 21.1 Å². The molecule has 2 fully saturated rings. The summed E-state index contributed by atoms with van der Waals surface area (Å²) in [7, 11) is 0. The number of rotatable bonds is 12. The Morgan fingerprint density at radius 3 is 2.42 bits per heavy atom. The minimum Gasteiger partial charge on any atom is -0.387 e. The molecule has 3 N–H and O–H groups in total. The van der Waals surface area contributed by atoms with Crippen molar-refractivity contribution in [3.05, 3.63) is 81.1 Å². The number of halogens is 1. The van der Waals surface area contributed by atoms with Crippen molar-refractivity contribution in [3.8, 4) is 0 Å². The lowest BCUT2D eigenvalue weighted by Gasteiger charge is -2.35. The first-order valence-corrected chi connectivity index (χ1v) is 19.3. The number of oxime groups is 1. The first-order chi connectivity index (χ1) is 26.0. The standard InChI is InChI=1S/C41H49ClN6O7/c1-7-11-29(34(50)38(53)43-26-16-17-26)44-37(52)32-20-41(19-30(46-55-41)24-12-10-13-25(42)18-24)22-48(32)39(54)35(40(4,5)6)45-36(51)28-21-47(23(2)3)31-15-9-8-14-27(31)33(28)49/h8-10,12-15,18,21,23,26,29,32,35H,7,11,16-17,19-20,22H2,1-6H3,(H,43,53)(H,44,52)(H,45,51)/t29-,32+,35+,41?/m1/s1. The molecule has 2 aliphatic heterocycles. The summed E-state index contributed by atoms with van der Waals surface area (Å²) in [5, 5.41) is 13.6. The summed E-state index contributed by atoms with van der Waals surface area (Å²) < 4.78 is 1.85. The first-order valence-electron chi connectivity index (χ1n) is 18.9. The molecule has 1 aromatic heterocycles. The van der Waals surface area contributed by atoms with Crippen molar-refractivity contribution < 1.29 is 28.8 Å². The molecule has 3 aliphatic rings. The molecule has 13 nitrogen and oxygen atoms in total. The van der Waals surface area contributed by atoms with Crippen LogP contribution in [-0.4, -0.2) is 80.9 Å². The van der Waals surface area contributed by atoms with Crippen LogP contribution >= 0.6 is 11.6 Å². The number of hydrogen-bond donors (Lipinski definition) is 3. The minimum atomic E-state index is -1.20. The number of likely N-dealkylation sites (tertiary alicyclic amines) is 1. The predicted octanol–water partition coefficient (Wildman–Crippen LogP) is 4.68. The minimum absolute atomic E-state index is 0.0219. The van der Waals surface area contributed by atoms with E-state index >= 15 is 0 Å². The number of pyridine rings is 1. The van der Waals surface area contributed by atoms with Crippen LogP contribution in [0.2, 0.25) is 5.02 Å². The molecule has 14 heteroatoms. The van der Waals surface area contributed by atoms with Gasteiger partial charge in [0.25, 0.3) is 11.8 Å². The summed E-state index contributed by atoms with van der Waals surface area (Å²) in [6.07, 6.45) is 4.11. The van der Waals surface area contributed by atoms with Crippen LogP contribution in [-0.2, 0) is 24.0 Å². The van der Waals surface area contributed by atoms with Gasteiger partial charge in [0, 0.05) is 47.1 Å². The molecule has 3 aromatic rings. The second-order valence-corrected chi connectivity index (χ2v) is 16.7. The van der Waals surface area contributed by atoms with Crippen molar-refractivity contribution in [2.45, 2.75) is 116 Å². The van der Waals surface area contributed by atoms with Crippen molar-refractivity contribution in [2.75, 3.05) is 6.54 Å². The van der Waals surface area contributed by atoms with Gasteiger partial charge in [-0.1, -0.05) is 75.1 Å². The number of carbonyl (C=O) groups excluding carboxylic acids is 5. The normalized spacial score (nSPS) is 20.5. The number of hydrogen-bond acceptors (Lipinski definition) is 8. The van der Waals surface area contributed by atoms with Gasteiger partial charge >= 0.3 is 0 Å². The molecule has 6 rings (SSSR count). The van der Waals surface area contributed by atoms with Gasteiger partial charge < -0.3 is 30.3 Å². The molecular formula is C41H49ClN6O7. The van der Waals surface area contributed by atoms with Gasteiger partial charge in [0.15, 0.2) is 5.60 Å². The van der Waals surface area contributed by atoms with E-state index in [1.807, 2.05) is 43.5 Å². The van der Waals surface area contributed by atoms with Gasteiger partial charge in [-0.2, -0.15) is 0 Å². The third kappa shape index (κ3) is 8.46. The molecule has 0 radical (unpaired) electrons. The molecular weight excluding hydrogens is 724 g/mol. The van der Waals surface area contributed by atoms with Gasteiger partial charge in [-0.3, -0.25) is 28.8 Å². The summed E-state index contributed by atoms with van der Waals surface area (Å²) in [6.45, 7) is 11.0. The lowest BCUT2D eigenvalue weighted by molar-refractivity contribution is -0.144. The summed E-state index contributed by atoms with van der Waals surface area (Å²) in [5.74, 6) is -3.45. The fraction of sp³-hybridized carbons (Fsp3) is 0.488.